The van der Waals surface area contributed by atoms with Gasteiger partial charge in [-0.15, -0.1) is 11.6 Å². The summed E-state index contributed by atoms with van der Waals surface area (Å²) >= 11 is 12.0. The number of rotatable bonds is 5. The van der Waals surface area contributed by atoms with Gasteiger partial charge in [0.1, 0.15) is 0 Å². The summed E-state index contributed by atoms with van der Waals surface area (Å²) in [6, 6.07) is 17.9. The standard InChI is InChI=1S/C16H14Cl2N2/c17-12-13-7-8-15(11-16(13)18)20(10-4-9-19)14-5-2-1-3-6-14/h1-3,5-8,11H,4,10,12H2. The lowest BCUT2D eigenvalue weighted by Crippen LogP contribution is -2.18. The van der Waals surface area contributed by atoms with E-state index in [1.807, 2.05) is 48.5 Å². The first-order valence-corrected chi connectivity index (χ1v) is 7.21. The van der Waals surface area contributed by atoms with E-state index in [1.165, 1.54) is 0 Å². The smallest absolute Gasteiger partial charge is 0.0640 e. The predicted octanol–water partition coefficient (Wildman–Crippen LogP) is 5.13. The van der Waals surface area contributed by atoms with Crippen LogP contribution in [0, 0.1) is 11.3 Å². The Balaban J connectivity index is 2.36. The van der Waals surface area contributed by atoms with Crippen molar-refractivity contribution in [1.82, 2.24) is 0 Å². The second-order valence-electron chi connectivity index (χ2n) is 4.30. The minimum absolute atomic E-state index is 0.392. The van der Waals surface area contributed by atoms with Gasteiger partial charge in [0.2, 0.25) is 0 Å². The number of hydrogen-bond donors (Lipinski definition) is 0. The summed E-state index contributed by atoms with van der Waals surface area (Å²) < 4.78 is 0. The average molecular weight is 305 g/mol. The van der Waals surface area contributed by atoms with Gasteiger partial charge in [-0.25, -0.2) is 0 Å². The van der Waals surface area contributed by atoms with Crippen molar-refractivity contribution in [2.24, 2.45) is 0 Å². The van der Waals surface area contributed by atoms with Crippen LogP contribution < -0.4 is 4.90 Å². The van der Waals surface area contributed by atoms with Crippen LogP contribution in [0.25, 0.3) is 0 Å². The van der Waals surface area contributed by atoms with Crippen LogP contribution in [0.5, 0.6) is 0 Å². The first-order chi connectivity index (χ1) is 9.76. The number of nitrogens with zero attached hydrogens (tertiary/aromatic N) is 2. The first-order valence-electron chi connectivity index (χ1n) is 6.30. The van der Waals surface area contributed by atoms with E-state index in [0.717, 1.165) is 16.9 Å². The molecule has 0 heterocycles. The van der Waals surface area contributed by atoms with Gasteiger partial charge in [-0.3, -0.25) is 0 Å². The van der Waals surface area contributed by atoms with E-state index in [2.05, 4.69) is 11.0 Å². The summed E-state index contributed by atoms with van der Waals surface area (Å²) in [6.45, 7) is 0.622. The lowest BCUT2D eigenvalue weighted by atomic mass is 10.2. The Morgan fingerprint density at radius 2 is 1.80 bits per heavy atom. The van der Waals surface area contributed by atoms with Crippen molar-refractivity contribution in [2.45, 2.75) is 12.3 Å². The largest absolute Gasteiger partial charge is 0.340 e. The van der Waals surface area contributed by atoms with Crippen LogP contribution in [-0.4, -0.2) is 6.54 Å². The summed E-state index contributed by atoms with van der Waals surface area (Å²) in [4.78, 5) is 2.08. The van der Waals surface area contributed by atoms with E-state index in [9.17, 15) is 0 Å². The summed E-state index contributed by atoms with van der Waals surface area (Å²) in [5, 5.41) is 9.47. The Kier molecular flexibility index (Phi) is 5.29. The fourth-order valence-corrected chi connectivity index (χ4v) is 2.53. The van der Waals surface area contributed by atoms with Crippen LogP contribution in [0.3, 0.4) is 0 Å². The lowest BCUT2D eigenvalue weighted by molar-refractivity contribution is 0.948. The van der Waals surface area contributed by atoms with Crippen LogP contribution in [0.15, 0.2) is 48.5 Å². The second kappa shape index (κ2) is 7.19. The molecule has 2 rings (SSSR count). The molecule has 2 aromatic carbocycles. The molecule has 102 valence electrons. The molecule has 4 heteroatoms. The van der Waals surface area contributed by atoms with Crippen LogP contribution in [0.1, 0.15) is 12.0 Å². The van der Waals surface area contributed by atoms with Gasteiger partial charge in [0.25, 0.3) is 0 Å². The zero-order valence-electron chi connectivity index (χ0n) is 10.9. The van der Waals surface area contributed by atoms with Crippen molar-refractivity contribution >= 4 is 34.6 Å². The number of hydrogen-bond acceptors (Lipinski definition) is 2. The van der Waals surface area contributed by atoms with E-state index in [1.54, 1.807) is 0 Å². The topological polar surface area (TPSA) is 27.0 Å². The summed E-state index contributed by atoms with van der Waals surface area (Å²) in [5.41, 5.74) is 2.91. The van der Waals surface area contributed by atoms with Crippen LogP contribution in [-0.2, 0) is 5.88 Å². The van der Waals surface area contributed by atoms with Crippen LogP contribution >= 0.6 is 23.2 Å². The van der Waals surface area contributed by atoms with E-state index < -0.39 is 0 Å². The van der Waals surface area contributed by atoms with Gasteiger partial charge < -0.3 is 4.90 Å². The second-order valence-corrected chi connectivity index (χ2v) is 4.98. The van der Waals surface area contributed by atoms with Crippen molar-refractivity contribution in [3.8, 4) is 6.07 Å². The molecule has 0 aliphatic heterocycles. The predicted molar refractivity (Wildman–Crippen MR) is 84.7 cm³/mol. The normalized spacial score (nSPS) is 10.1. The highest BCUT2D eigenvalue weighted by atomic mass is 35.5. The molecule has 0 N–H and O–H groups in total. The maximum Gasteiger partial charge on any atom is 0.0640 e. The molecule has 0 spiro atoms. The molecular formula is C16H14Cl2N2. The van der Waals surface area contributed by atoms with Crippen molar-refractivity contribution in [2.75, 3.05) is 11.4 Å². The van der Waals surface area contributed by atoms with Crippen LogP contribution in [0.4, 0.5) is 11.4 Å². The molecule has 2 nitrogen and oxygen atoms in total. The van der Waals surface area contributed by atoms with Gasteiger partial charge >= 0.3 is 0 Å². The fourth-order valence-electron chi connectivity index (χ4n) is 1.99. The van der Waals surface area contributed by atoms with Gasteiger partial charge in [-0.05, 0) is 29.8 Å². The molecule has 0 atom stereocenters. The van der Waals surface area contributed by atoms with Crippen molar-refractivity contribution in [1.29, 1.82) is 5.26 Å². The highest BCUT2D eigenvalue weighted by Crippen LogP contribution is 2.30. The van der Waals surface area contributed by atoms with Crippen molar-refractivity contribution < 1.29 is 0 Å². The molecule has 0 bridgehead atoms. The summed E-state index contributed by atoms with van der Waals surface area (Å²) in [5.74, 6) is 0.392. The van der Waals surface area contributed by atoms with E-state index in [4.69, 9.17) is 28.5 Å². The number of alkyl halides is 1. The van der Waals surface area contributed by atoms with E-state index in [-0.39, 0.29) is 0 Å². The Morgan fingerprint density at radius 1 is 1.05 bits per heavy atom. The Morgan fingerprint density at radius 3 is 2.40 bits per heavy atom. The van der Waals surface area contributed by atoms with Gasteiger partial charge in [-0.2, -0.15) is 5.26 Å². The minimum atomic E-state index is 0.392. The quantitative estimate of drug-likeness (QED) is 0.716. The molecule has 0 unspecified atom stereocenters. The third-order valence-electron chi connectivity index (χ3n) is 3.01. The molecule has 0 saturated heterocycles. The Labute approximate surface area is 129 Å². The summed E-state index contributed by atoms with van der Waals surface area (Å²) in [6.07, 6.45) is 0.448. The van der Waals surface area contributed by atoms with Crippen LogP contribution in [0.2, 0.25) is 5.02 Å². The molecule has 0 aliphatic carbocycles. The summed E-state index contributed by atoms with van der Waals surface area (Å²) in [7, 11) is 0. The molecule has 0 aliphatic rings. The molecule has 0 saturated carbocycles. The maximum atomic E-state index is 8.83. The van der Waals surface area contributed by atoms with Crippen molar-refractivity contribution in [3.05, 3.63) is 59.1 Å². The molecule has 0 aromatic heterocycles. The fraction of sp³-hybridized carbons (Fsp3) is 0.188. The third kappa shape index (κ3) is 3.45. The van der Waals surface area contributed by atoms with Gasteiger partial charge in [0.05, 0.1) is 12.5 Å². The molecule has 20 heavy (non-hydrogen) atoms. The SMILES string of the molecule is N#CCCN(c1ccccc1)c1ccc(CCl)c(Cl)c1. The zero-order valence-corrected chi connectivity index (χ0v) is 12.4. The molecular weight excluding hydrogens is 291 g/mol. The number of nitriles is 1. The lowest BCUT2D eigenvalue weighted by Gasteiger charge is -2.24. The Bertz CT molecular complexity index is 606. The zero-order chi connectivity index (χ0) is 14.4. The number of anilines is 2. The number of para-hydroxylation sites is 1. The minimum Gasteiger partial charge on any atom is -0.340 e. The monoisotopic (exact) mass is 304 g/mol. The highest BCUT2D eigenvalue weighted by molar-refractivity contribution is 6.32. The third-order valence-corrected chi connectivity index (χ3v) is 3.65. The van der Waals surface area contributed by atoms with E-state index in [0.29, 0.717) is 23.9 Å². The molecule has 0 amide bonds. The first kappa shape index (κ1) is 14.7. The molecule has 2 aromatic rings. The van der Waals surface area contributed by atoms with Gasteiger partial charge in [0, 0.05) is 28.8 Å². The molecule has 0 radical (unpaired) electrons. The maximum absolute atomic E-state index is 8.83. The van der Waals surface area contributed by atoms with Crippen molar-refractivity contribution in [3.63, 3.8) is 0 Å². The Hall–Kier alpha value is -1.69. The van der Waals surface area contributed by atoms with Gasteiger partial charge in [-0.1, -0.05) is 35.9 Å². The number of halogens is 2. The van der Waals surface area contributed by atoms with E-state index >= 15 is 0 Å². The average Bonchev–Trinajstić information content (AvgIpc) is 2.49. The number of benzene rings is 2. The highest BCUT2D eigenvalue weighted by Gasteiger charge is 2.10. The molecule has 0 fully saturated rings. The van der Waals surface area contributed by atoms with Gasteiger partial charge in [0.15, 0.2) is 0 Å².